The van der Waals surface area contributed by atoms with Gasteiger partial charge in [-0.25, -0.2) is 4.79 Å². The van der Waals surface area contributed by atoms with Gasteiger partial charge in [0.25, 0.3) is 0 Å². The molecule has 1 aromatic carbocycles. The zero-order chi connectivity index (χ0) is 19.4. The number of rotatable bonds is 5. The third kappa shape index (κ3) is 5.23. The molecule has 3 rings (SSSR count). The molecule has 1 heterocycles. The molecule has 1 aliphatic heterocycles. The van der Waals surface area contributed by atoms with Crippen LogP contribution in [0.1, 0.15) is 46.1 Å². The molecule has 1 aromatic rings. The van der Waals surface area contributed by atoms with Crippen LogP contribution in [-0.2, 0) is 4.74 Å². The Bertz CT molecular complexity index is 703. The quantitative estimate of drug-likeness (QED) is 0.770. The standard InChI is InChI=1S/C23H32N2O2/c1-17(13-18-9-6-5-7-10-18)15-24-16-20-14-19-11-8-12-21(19)25(20)22(26)27-23(2,3)4/h5-10,12-13,19-21,24H,11,14-16H2,1-4H3/t19?,20-,21?/m0/s1. The Kier molecular flexibility index (Phi) is 6.05. The van der Waals surface area contributed by atoms with Gasteiger partial charge in [0.2, 0.25) is 0 Å². The number of ether oxygens (including phenoxy) is 1. The van der Waals surface area contributed by atoms with Gasteiger partial charge in [-0.05, 0) is 52.0 Å². The van der Waals surface area contributed by atoms with E-state index in [1.807, 2.05) is 31.7 Å². The maximum atomic E-state index is 12.8. The lowest BCUT2D eigenvalue weighted by Gasteiger charge is -2.31. The van der Waals surface area contributed by atoms with Crippen LogP contribution < -0.4 is 5.32 Å². The highest BCUT2D eigenvalue weighted by molar-refractivity contribution is 5.70. The second-order valence-electron chi connectivity index (χ2n) is 8.72. The number of benzene rings is 1. The van der Waals surface area contributed by atoms with Gasteiger partial charge in [-0.1, -0.05) is 54.1 Å². The molecule has 0 aromatic heterocycles. The summed E-state index contributed by atoms with van der Waals surface area (Å²) in [5, 5.41) is 3.54. The van der Waals surface area contributed by atoms with Crippen LogP contribution in [-0.4, -0.2) is 41.8 Å². The topological polar surface area (TPSA) is 41.6 Å². The molecule has 4 heteroatoms. The molecule has 3 atom stereocenters. The number of amides is 1. The van der Waals surface area contributed by atoms with Crippen LogP contribution in [0.15, 0.2) is 48.1 Å². The molecule has 4 nitrogen and oxygen atoms in total. The molecule has 0 saturated carbocycles. The van der Waals surface area contributed by atoms with Gasteiger partial charge in [0, 0.05) is 19.1 Å². The lowest BCUT2D eigenvalue weighted by molar-refractivity contribution is 0.0174. The van der Waals surface area contributed by atoms with Gasteiger partial charge in [0.15, 0.2) is 0 Å². The van der Waals surface area contributed by atoms with Crippen LogP contribution in [0.5, 0.6) is 0 Å². The van der Waals surface area contributed by atoms with Crippen molar-refractivity contribution in [2.75, 3.05) is 13.1 Å². The van der Waals surface area contributed by atoms with E-state index in [0.29, 0.717) is 5.92 Å². The zero-order valence-corrected chi connectivity index (χ0v) is 16.9. The Morgan fingerprint density at radius 1 is 1.30 bits per heavy atom. The van der Waals surface area contributed by atoms with Gasteiger partial charge >= 0.3 is 6.09 Å². The first-order valence-corrected chi connectivity index (χ1v) is 9.94. The molecule has 1 amide bonds. The predicted molar refractivity (Wildman–Crippen MR) is 110 cm³/mol. The number of hydrogen-bond donors (Lipinski definition) is 1. The molecular weight excluding hydrogens is 336 g/mol. The van der Waals surface area contributed by atoms with Crippen molar-refractivity contribution in [1.29, 1.82) is 0 Å². The van der Waals surface area contributed by atoms with E-state index in [9.17, 15) is 4.79 Å². The van der Waals surface area contributed by atoms with Gasteiger partial charge in [0.05, 0.1) is 6.04 Å². The number of carbonyl (C=O) groups excluding carboxylic acids is 1. The molecule has 0 spiro atoms. The highest BCUT2D eigenvalue weighted by Gasteiger charge is 2.45. The maximum Gasteiger partial charge on any atom is 0.411 e. The molecule has 0 radical (unpaired) electrons. The van der Waals surface area contributed by atoms with Gasteiger partial charge in [-0.3, -0.25) is 4.90 Å². The van der Waals surface area contributed by atoms with E-state index in [4.69, 9.17) is 4.74 Å². The van der Waals surface area contributed by atoms with Crippen LogP contribution in [0.2, 0.25) is 0 Å². The summed E-state index contributed by atoms with van der Waals surface area (Å²) in [6.07, 6.45) is 8.48. The van der Waals surface area contributed by atoms with E-state index in [1.165, 1.54) is 11.1 Å². The van der Waals surface area contributed by atoms with E-state index in [1.54, 1.807) is 0 Å². The number of nitrogens with zero attached hydrogens (tertiary/aromatic N) is 1. The van der Waals surface area contributed by atoms with Crippen LogP contribution in [0.3, 0.4) is 0 Å². The van der Waals surface area contributed by atoms with Crippen molar-refractivity contribution >= 4 is 12.2 Å². The van der Waals surface area contributed by atoms with Crippen molar-refractivity contribution in [3.63, 3.8) is 0 Å². The van der Waals surface area contributed by atoms with Gasteiger partial charge in [0.1, 0.15) is 5.60 Å². The van der Waals surface area contributed by atoms with Crippen molar-refractivity contribution in [3.8, 4) is 0 Å². The minimum atomic E-state index is -0.468. The summed E-state index contributed by atoms with van der Waals surface area (Å²) in [5.41, 5.74) is 2.03. The molecule has 1 N–H and O–H groups in total. The summed E-state index contributed by atoms with van der Waals surface area (Å²) in [4.78, 5) is 14.7. The number of hydrogen-bond acceptors (Lipinski definition) is 3. The second kappa shape index (κ2) is 8.30. The highest BCUT2D eigenvalue weighted by atomic mass is 16.6. The number of fused-ring (bicyclic) bond motifs is 1. The molecule has 1 aliphatic carbocycles. The lowest BCUT2D eigenvalue weighted by atomic mass is 10.0. The first-order valence-electron chi connectivity index (χ1n) is 9.94. The van der Waals surface area contributed by atoms with Gasteiger partial charge in [-0.15, -0.1) is 0 Å². The minimum absolute atomic E-state index is 0.185. The van der Waals surface area contributed by atoms with E-state index in [0.717, 1.165) is 25.9 Å². The number of likely N-dealkylation sites (tertiary alicyclic amines) is 1. The number of allylic oxidation sites excluding steroid dienone is 1. The Hall–Kier alpha value is -2.07. The average Bonchev–Trinajstić information content (AvgIpc) is 3.14. The van der Waals surface area contributed by atoms with Crippen LogP contribution in [0, 0.1) is 5.92 Å². The molecule has 2 unspecified atom stereocenters. The molecule has 146 valence electrons. The highest BCUT2D eigenvalue weighted by Crippen LogP contribution is 2.38. The maximum absolute atomic E-state index is 12.8. The number of carbonyl (C=O) groups is 1. The third-order valence-corrected chi connectivity index (χ3v) is 5.15. The molecule has 1 fully saturated rings. The van der Waals surface area contributed by atoms with Gasteiger partial charge in [-0.2, -0.15) is 0 Å². The van der Waals surface area contributed by atoms with Gasteiger partial charge < -0.3 is 10.1 Å². The van der Waals surface area contributed by atoms with Crippen molar-refractivity contribution in [2.24, 2.45) is 5.92 Å². The average molecular weight is 369 g/mol. The third-order valence-electron chi connectivity index (χ3n) is 5.15. The minimum Gasteiger partial charge on any atom is -0.444 e. The summed E-state index contributed by atoms with van der Waals surface area (Å²) >= 11 is 0. The zero-order valence-electron chi connectivity index (χ0n) is 16.9. The Morgan fingerprint density at radius 2 is 2.04 bits per heavy atom. The second-order valence-corrected chi connectivity index (χ2v) is 8.72. The SMILES string of the molecule is CC(=Cc1ccccc1)CNC[C@@H]1CC2CC=CC2N1C(=O)OC(C)(C)C. The first-order chi connectivity index (χ1) is 12.8. The summed E-state index contributed by atoms with van der Waals surface area (Å²) in [6.45, 7) is 9.52. The van der Waals surface area contributed by atoms with E-state index < -0.39 is 5.60 Å². The summed E-state index contributed by atoms with van der Waals surface area (Å²) in [5.74, 6) is 0.533. The van der Waals surface area contributed by atoms with Crippen molar-refractivity contribution in [2.45, 2.75) is 58.2 Å². The van der Waals surface area contributed by atoms with E-state index in [-0.39, 0.29) is 18.2 Å². The normalized spacial score (nSPS) is 25.0. The van der Waals surface area contributed by atoms with Crippen molar-refractivity contribution in [3.05, 3.63) is 53.6 Å². The molecular formula is C23H32N2O2. The summed E-state index contributed by atoms with van der Waals surface area (Å²) < 4.78 is 5.68. The fourth-order valence-corrected chi connectivity index (χ4v) is 4.04. The Balaban J connectivity index is 1.58. The van der Waals surface area contributed by atoms with E-state index >= 15 is 0 Å². The monoisotopic (exact) mass is 368 g/mol. The fraction of sp³-hybridized carbons (Fsp3) is 0.522. The molecule has 1 saturated heterocycles. The largest absolute Gasteiger partial charge is 0.444 e. The number of nitrogens with one attached hydrogen (secondary N) is 1. The van der Waals surface area contributed by atoms with Crippen LogP contribution in [0.4, 0.5) is 4.79 Å². The molecule has 27 heavy (non-hydrogen) atoms. The summed E-state index contributed by atoms with van der Waals surface area (Å²) in [6, 6.07) is 10.7. The van der Waals surface area contributed by atoms with Crippen LogP contribution in [0.25, 0.3) is 6.08 Å². The van der Waals surface area contributed by atoms with E-state index in [2.05, 4.69) is 54.7 Å². The molecule has 0 bridgehead atoms. The summed E-state index contributed by atoms with van der Waals surface area (Å²) in [7, 11) is 0. The fourth-order valence-electron chi connectivity index (χ4n) is 4.04. The smallest absolute Gasteiger partial charge is 0.411 e. The Labute approximate surface area is 163 Å². The predicted octanol–water partition coefficient (Wildman–Crippen LogP) is 4.63. The van der Waals surface area contributed by atoms with Crippen molar-refractivity contribution < 1.29 is 9.53 Å². The Morgan fingerprint density at radius 3 is 2.74 bits per heavy atom. The molecule has 2 aliphatic rings. The van der Waals surface area contributed by atoms with Crippen molar-refractivity contribution in [1.82, 2.24) is 10.2 Å². The lowest BCUT2D eigenvalue weighted by Crippen LogP contribution is -2.47. The van der Waals surface area contributed by atoms with Crippen LogP contribution >= 0.6 is 0 Å². The first kappa shape index (κ1) is 19.7.